The number of aryl methyl sites for hydroxylation is 2. The van der Waals surface area contributed by atoms with E-state index in [1.807, 2.05) is 0 Å². The average Bonchev–Trinajstić information content (AvgIpc) is 2.69. The zero-order chi connectivity index (χ0) is 20.7. The van der Waals surface area contributed by atoms with E-state index in [9.17, 15) is 19.8 Å². The predicted octanol–water partition coefficient (Wildman–Crippen LogP) is 4.02. The highest BCUT2D eigenvalue weighted by molar-refractivity contribution is 6.09. The molecule has 2 N–H and O–H groups in total. The number of fused-ring (bicyclic) bond motifs is 2. The molecule has 7 nitrogen and oxygen atoms in total. The third kappa shape index (κ3) is 3.02. The Morgan fingerprint density at radius 2 is 1.34 bits per heavy atom. The number of esters is 1. The van der Waals surface area contributed by atoms with E-state index in [2.05, 4.69) is 9.97 Å². The fourth-order valence-corrected chi connectivity index (χ4v) is 3.33. The number of carboxylic acid groups (broad SMARTS) is 1. The van der Waals surface area contributed by atoms with Crippen LogP contribution < -0.4 is 4.74 Å². The van der Waals surface area contributed by atoms with Crippen LogP contribution in [-0.4, -0.2) is 32.1 Å². The molecule has 0 fully saturated rings. The average molecular weight is 388 g/mol. The van der Waals surface area contributed by atoms with Gasteiger partial charge in [0, 0.05) is 10.8 Å². The molecular weight excluding hydrogens is 372 g/mol. The number of aromatic carboxylic acids is 1. The van der Waals surface area contributed by atoms with Crippen molar-refractivity contribution in [3.63, 3.8) is 0 Å². The molecule has 0 saturated heterocycles. The minimum absolute atomic E-state index is 0.0722. The number of carbonyl (C=O) groups excluding carboxylic acids is 1. The summed E-state index contributed by atoms with van der Waals surface area (Å²) >= 11 is 0. The lowest BCUT2D eigenvalue weighted by Crippen LogP contribution is -2.15. The smallest absolute Gasteiger partial charge is 0.348 e. The summed E-state index contributed by atoms with van der Waals surface area (Å²) in [4.78, 5) is 33.6. The monoisotopic (exact) mass is 388 g/mol. The normalized spacial score (nSPS) is 11.0. The first-order valence-corrected chi connectivity index (χ1v) is 8.81. The highest BCUT2D eigenvalue weighted by Gasteiger charge is 2.26. The van der Waals surface area contributed by atoms with E-state index < -0.39 is 11.9 Å². The zero-order valence-electron chi connectivity index (χ0n) is 15.6. The quantitative estimate of drug-likeness (QED) is 0.510. The van der Waals surface area contributed by atoms with Gasteiger partial charge >= 0.3 is 11.9 Å². The number of carbonyl (C=O) groups is 2. The fourth-order valence-electron chi connectivity index (χ4n) is 3.33. The van der Waals surface area contributed by atoms with E-state index in [0.29, 0.717) is 21.8 Å². The Hall–Kier alpha value is -4.00. The molecule has 29 heavy (non-hydrogen) atoms. The van der Waals surface area contributed by atoms with E-state index in [-0.39, 0.29) is 34.0 Å². The topological polar surface area (TPSA) is 110 Å². The Morgan fingerprint density at radius 3 is 1.93 bits per heavy atom. The van der Waals surface area contributed by atoms with Gasteiger partial charge in [-0.05, 0) is 26.0 Å². The van der Waals surface area contributed by atoms with Crippen LogP contribution >= 0.6 is 0 Å². The van der Waals surface area contributed by atoms with Crippen LogP contribution in [0.15, 0.2) is 48.5 Å². The first kappa shape index (κ1) is 18.4. The molecule has 2 aromatic carbocycles. The standard InChI is InChI=1S/C22H16N2O5/c1-11-19(25)17(13-7-3-5-9-15(13)23-11)22(28)29-20-12(2)24-16-10-6-4-8-14(16)18(20)21(26)27/h3-10,25H,1-2H3,(H,26,27). The second-order valence-electron chi connectivity index (χ2n) is 6.55. The first-order valence-electron chi connectivity index (χ1n) is 8.81. The highest BCUT2D eigenvalue weighted by atomic mass is 16.5. The molecule has 0 spiro atoms. The molecule has 0 amide bonds. The lowest BCUT2D eigenvalue weighted by Gasteiger charge is -2.14. The van der Waals surface area contributed by atoms with Gasteiger partial charge in [-0.1, -0.05) is 36.4 Å². The van der Waals surface area contributed by atoms with Gasteiger partial charge < -0.3 is 14.9 Å². The molecule has 0 unspecified atom stereocenters. The number of para-hydroxylation sites is 2. The number of pyridine rings is 2. The number of benzene rings is 2. The van der Waals surface area contributed by atoms with Crippen molar-refractivity contribution in [1.29, 1.82) is 0 Å². The molecule has 4 rings (SSSR count). The van der Waals surface area contributed by atoms with E-state index in [1.165, 1.54) is 0 Å². The number of rotatable bonds is 3. The predicted molar refractivity (Wildman–Crippen MR) is 107 cm³/mol. The van der Waals surface area contributed by atoms with E-state index in [1.54, 1.807) is 62.4 Å². The van der Waals surface area contributed by atoms with Crippen LogP contribution in [0.2, 0.25) is 0 Å². The van der Waals surface area contributed by atoms with Gasteiger partial charge in [0.1, 0.15) is 11.1 Å². The second-order valence-corrected chi connectivity index (χ2v) is 6.55. The summed E-state index contributed by atoms with van der Waals surface area (Å²) in [5.41, 5.74) is 1.29. The van der Waals surface area contributed by atoms with Gasteiger partial charge in [0.05, 0.1) is 22.4 Å². The maximum atomic E-state index is 13.0. The second kappa shape index (κ2) is 6.87. The van der Waals surface area contributed by atoms with E-state index >= 15 is 0 Å². The van der Waals surface area contributed by atoms with Gasteiger partial charge in [-0.15, -0.1) is 0 Å². The van der Waals surface area contributed by atoms with Crippen LogP contribution in [0.1, 0.15) is 32.1 Å². The van der Waals surface area contributed by atoms with Crippen LogP contribution in [0.3, 0.4) is 0 Å². The number of hydrogen-bond donors (Lipinski definition) is 2. The lowest BCUT2D eigenvalue weighted by molar-refractivity contribution is 0.0682. The fraction of sp³-hybridized carbons (Fsp3) is 0.0909. The lowest BCUT2D eigenvalue weighted by atomic mass is 10.1. The van der Waals surface area contributed by atoms with Gasteiger partial charge in [0.25, 0.3) is 0 Å². The molecule has 0 atom stereocenters. The number of ether oxygens (including phenoxy) is 1. The van der Waals surface area contributed by atoms with E-state index in [0.717, 1.165) is 0 Å². The van der Waals surface area contributed by atoms with Gasteiger partial charge in [-0.3, -0.25) is 0 Å². The van der Waals surface area contributed by atoms with Gasteiger partial charge in [-0.2, -0.15) is 0 Å². The molecule has 0 saturated carbocycles. The summed E-state index contributed by atoms with van der Waals surface area (Å²) in [6.07, 6.45) is 0. The van der Waals surface area contributed by atoms with Crippen molar-refractivity contribution in [3.8, 4) is 11.5 Å². The molecule has 2 heterocycles. The van der Waals surface area contributed by atoms with Gasteiger partial charge in [-0.25, -0.2) is 19.6 Å². The highest BCUT2D eigenvalue weighted by Crippen LogP contribution is 2.33. The van der Waals surface area contributed by atoms with Crippen molar-refractivity contribution in [2.75, 3.05) is 0 Å². The largest absolute Gasteiger partial charge is 0.505 e. The van der Waals surface area contributed by atoms with Crippen LogP contribution in [0.25, 0.3) is 21.8 Å². The third-order valence-corrected chi connectivity index (χ3v) is 4.67. The SMILES string of the molecule is Cc1nc2ccccc2c(C(=O)Oc2c(C)nc3ccccc3c2C(=O)O)c1O. The van der Waals surface area contributed by atoms with Crippen LogP contribution in [0, 0.1) is 13.8 Å². The summed E-state index contributed by atoms with van der Waals surface area (Å²) in [5, 5.41) is 21.0. The Balaban J connectivity index is 1.91. The minimum atomic E-state index is -1.24. The summed E-state index contributed by atoms with van der Waals surface area (Å²) in [7, 11) is 0. The zero-order valence-corrected chi connectivity index (χ0v) is 15.6. The minimum Gasteiger partial charge on any atom is -0.505 e. The number of carboxylic acids is 1. The number of aromatic nitrogens is 2. The summed E-state index contributed by atoms with van der Waals surface area (Å²) in [6, 6.07) is 13.5. The molecule has 2 aromatic heterocycles. The molecule has 0 radical (unpaired) electrons. The van der Waals surface area contributed by atoms with Crippen LogP contribution in [0.5, 0.6) is 11.5 Å². The van der Waals surface area contributed by atoms with Crippen molar-refractivity contribution >= 4 is 33.7 Å². The number of nitrogens with zero attached hydrogens (tertiary/aromatic N) is 2. The third-order valence-electron chi connectivity index (χ3n) is 4.67. The van der Waals surface area contributed by atoms with Gasteiger partial charge in [0.15, 0.2) is 11.5 Å². The van der Waals surface area contributed by atoms with Crippen molar-refractivity contribution in [2.24, 2.45) is 0 Å². The molecule has 0 aliphatic heterocycles. The number of aromatic hydroxyl groups is 1. The summed E-state index contributed by atoms with van der Waals surface area (Å²) in [5.74, 6) is -2.59. The molecule has 4 aromatic rings. The number of hydrogen-bond acceptors (Lipinski definition) is 6. The molecular formula is C22H16N2O5. The van der Waals surface area contributed by atoms with Crippen molar-refractivity contribution in [2.45, 2.75) is 13.8 Å². The molecule has 7 heteroatoms. The Labute approximate surface area is 165 Å². The molecule has 0 aliphatic carbocycles. The van der Waals surface area contributed by atoms with Crippen molar-refractivity contribution < 1.29 is 24.5 Å². The molecule has 0 bridgehead atoms. The summed E-state index contributed by atoms with van der Waals surface area (Å²) < 4.78 is 5.51. The van der Waals surface area contributed by atoms with Gasteiger partial charge in [0.2, 0.25) is 0 Å². The van der Waals surface area contributed by atoms with Crippen molar-refractivity contribution in [1.82, 2.24) is 9.97 Å². The first-order chi connectivity index (χ1) is 13.9. The van der Waals surface area contributed by atoms with Crippen LogP contribution in [0.4, 0.5) is 0 Å². The molecule has 0 aliphatic rings. The van der Waals surface area contributed by atoms with E-state index in [4.69, 9.17) is 4.74 Å². The Kier molecular flexibility index (Phi) is 4.35. The maximum absolute atomic E-state index is 13.0. The maximum Gasteiger partial charge on any atom is 0.348 e. The Bertz CT molecular complexity index is 1310. The van der Waals surface area contributed by atoms with Crippen LogP contribution in [-0.2, 0) is 0 Å². The Morgan fingerprint density at radius 1 is 0.828 bits per heavy atom. The molecule has 144 valence electrons. The van der Waals surface area contributed by atoms with Crippen molar-refractivity contribution in [3.05, 3.63) is 71.0 Å². The summed E-state index contributed by atoms with van der Waals surface area (Å²) in [6.45, 7) is 3.14.